The van der Waals surface area contributed by atoms with Gasteiger partial charge in [0, 0.05) is 36.3 Å². The number of hydrogen-bond acceptors (Lipinski definition) is 5. The molecule has 1 aliphatic heterocycles. The molecule has 3 N–H and O–H groups in total. The molecule has 0 bridgehead atoms. The molecule has 1 saturated heterocycles. The van der Waals surface area contributed by atoms with Crippen molar-refractivity contribution in [2.75, 3.05) is 27.3 Å². The Morgan fingerprint density at radius 3 is 2.74 bits per heavy atom. The van der Waals surface area contributed by atoms with Gasteiger partial charge in [0.05, 0.1) is 13.7 Å². The normalized spacial score (nSPS) is 22.9. The molecule has 27 heavy (non-hydrogen) atoms. The molecule has 1 aliphatic rings. The highest BCUT2D eigenvalue weighted by Gasteiger charge is 2.40. The van der Waals surface area contributed by atoms with E-state index in [1.807, 2.05) is 19.2 Å². The number of hydrogen-bond donors (Lipinski definition) is 3. The molecule has 0 aromatic heterocycles. The highest BCUT2D eigenvalue weighted by Crippen LogP contribution is 2.40. The van der Waals surface area contributed by atoms with E-state index in [0.29, 0.717) is 24.4 Å². The van der Waals surface area contributed by atoms with Crippen LogP contribution in [0.15, 0.2) is 42.5 Å². The molecule has 3 rings (SSSR count). The topological polar surface area (TPSA) is 65.0 Å². The van der Waals surface area contributed by atoms with Gasteiger partial charge in [-0.3, -0.25) is 4.90 Å². The lowest BCUT2D eigenvalue weighted by atomic mass is 9.92. The molecule has 2 aromatic carbocycles. The quantitative estimate of drug-likeness (QED) is 0.695. The van der Waals surface area contributed by atoms with Gasteiger partial charge >= 0.3 is 0 Å². The van der Waals surface area contributed by atoms with Crippen LogP contribution in [-0.4, -0.2) is 48.5 Å². The van der Waals surface area contributed by atoms with E-state index in [1.54, 1.807) is 31.4 Å². The minimum atomic E-state index is -0.219. The summed E-state index contributed by atoms with van der Waals surface area (Å²) in [7, 11) is 3.53. The molecule has 0 amide bonds. The first-order chi connectivity index (χ1) is 13.0. The number of aromatic hydroxyl groups is 1. The van der Waals surface area contributed by atoms with Gasteiger partial charge in [0.1, 0.15) is 17.3 Å². The van der Waals surface area contributed by atoms with Gasteiger partial charge in [-0.15, -0.1) is 0 Å². The summed E-state index contributed by atoms with van der Waals surface area (Å²) in [5, 5.41) is 23.1. The highest BCUT2D eigenvalue weighted by atomic mass is 19.1. The van der Waals surface area contributed by atoms with E-state index in [1.165, 1.54) is 6.07 Å². The third kappa shape index (κ3) is 4.24. The second kappa shape index (κ2) is 8.69. The molecule has 0 aliphatic carbocycles. The van der Waals surface area contributed by atoms with Crippen molar-refractivity contribution in [3.63, 3.8) is 0 Å². The summed E-state index contributed by atoms with van der Waals surface area (Å²) in [6, 6.07) is 11.9. The Bertz CT molecular complexity index is 771. The molecule has 0 unspecified atom stereocenters. The molecule has 1 heterocycles. The van der Waals surface area contributed by atoms with E-state index in [4.69, 9.17) is 4.74 Å². The minimum Gasteiger partial charge on any atom is -0.508 e. The lowest BCUT2D eigenvalue weighted by Gasteiger charge is -2.28. The highest BCUT2D eigenvalue weighted by molar-refractivity contribution is 5.39. The van der Waals surface area contributed by atoms with Crippen LogP contribution in [0.4, 0.5) is 4.39 Å². The Morgan fingerprint density at radius 1 is 1.26 bits per heavy atom. The number of likely N-dealkylation sites (N-methyl/N-ethyl adjacent to an activating group) is 1. The fraction of sp³-hybridized carbons (Fsp3) is 0.429. The number of ether oxygens (including phenoxy) is 1. The molecule has 146 valence electrons. The number of halogens is 1. The summed E-state index contributed by atoms with van der Waals surface area (Å²) in [5.41, 5.74) is 1.41. The van der Waals surface area contributed by atoms with Gasteiger partial charge in [-0.25, -0.2) is 4.39 Å². The monoisotopic (exact) mass is 374 g/mol. The van der Waals surface area contributed by atoms with Crippen molar-refractivity contribution in [3.05, 3.63) is 59.4 Å². The van der Waals surface area contributed by atoms with Crippen LogP contribution in [0.25, 0.3) is 0 Å². The second-order valence-electron chi connectivity index (χ2n) is 7.09. The van der Waals surface area contributed by atoms with Gasteiger partial charge in [0.15, 0.2) is 0 Å². The largest absolute Gasteiger partial charge is 0.508 e. The fourth-order valence-electron chi connectivity index (χ4n) is 4.01. The van der Waals surface area contributed by atoms with Crippen LogP contribution in [0.3, 0.4) is 0 Å². The molecule has 6 heteroatoms. The lowest BCUT2D eigenvalue weighted by molar-refractivity contribution is 0.151. The van der Waals surface area contributed by atoms with Crippen molar-refractivity contribution in [2.45, 2.75) is 25.0 Å². The Morgan fingerprint density at radius 2 is 2.04 bits per heavy atom. The zero-order chi connectivity index (χ0) is 19.4. The van der Waals surface area contributed by atoms with Gasteiger partial charge in [-0.2, -0.15) is 0 Å². The number of phenols is 1. The smallest absolute Gasteiger partial charge is 0.127 e. The average molecular weight is 374 g/mol. The summed E-state index contributed by atoms with van der Waals surface area (Å²) >= 11 is 0. The average Bonchev–Trinajstić information content (AvgIpc) is 2.99. The Kier molecular flexibility index (Phi) is 6.31. The summed E-state index contributed by atoms with van der Waals surface area (Å²) in [5.74, 6) is 0.834. The van der Waals surface area contributed by atoms with E-state index in [-0.39, 0.29) is 36.2 Å². The maximum absolute atomic E-state index is 14.4. The van der Waals surface area contributed by atoms with Gasteiger partial charge in [-0.1, -0.05) is 18.2 Å². The Labute approximate surface area is 159 Å². The molecular weight excluding hydrogens is 347 g/mol. The van der Waals surface area contributed by atoms with Crippen molar-refractivity contribution in [2.24, 2.45) is 5.92 Å². The van der Waals surface area contributed by atoms with E-state index < -0.39 is 0 Å². The van der Waals surface area contributed by atoms with Crippen molar-refractivity contribution in [3.8, 4) is 11.5 Å². The van der Waals surface area contributed by atoms with Crippen LogP contribution in [0.5, 0.6) is 11.5 Å². The minimum absolute atomic E-state index is 0.00614. The lowest BCUT2D eigenvalue weighted by Crippen LogP contribution is -2.32. The molecule has 5 nitrogen and oxygen atoms in total. The number of rotatable bonds is 7. The SMILES string of the molecule is COc1ccc(O)c(CNC[C@@H]2C[C@H](CO)N(C)[C@@H]2c2ccccc2F)c1. The van der Waals surface area contributed by atoms with Gasteiger partial charge in [-0.05, 0) is 43.7 Å². The van der Waals surface area contributed by atoms with E-state index >= 15 is 0 Å². The zero-order valence-corrected chi connectivity index (χ0v) is 15.7. The number of nitrogens with one attached hydrogen (secondary N) is 1. The van der Waals surface area contributed by atoms with Gasteiger partial charge < -0.3 is 20.3 Å². The zero-order valence-electron chi connectivity index (χ0n) is 15.7. The number of benzene rings is 2. The first-order valence-corrected chi connectivity index (χ1v) is 9.19. The summed E-state index contributed by atoms with van der Waals surface area (Å²) < 4.78 is 19.6. The number of methoxy groups -OCH3 is 1. The predicted molar refractivity (Wildman–Crippen MR) is 102 cm³/mol. The molecular formula is C21H27FN2O3. The van der Waals surface area contributed by atoms with Crippen LogP contribution in [0.1, 0.15) is 23.6 Å². The number of nitrogens with zero attached hydrogens (tertiary/aromatic N) is 1. The molecule has 0 saturated carbocycles. The maximum atomic E-state index is 14.4. The summed E-state index contributed by atoms with van der Waals surface area (Å²) in [4.78, 5) is 2.06. The molecule has 3 atom stereocenters. The van der Waals surface area contributed by atoms with Crippen LogP contribution in [-0.2, 0) is 6.54 Å². The number of phenolic OH excluding ortho intramolecular Hbond substituents is 1. The number of aliphatic hydroxyl groups is 1. The van der Waals surface area contributed by atoms with Crippen molar-refractivity contribution in [1.29, 1.82) is 0 Å². The van der Waals surface area contributed by atoms with Crippen molar-refractivity contribution < 1.29 is 19.3 Å². The third-order valence-electron chi connectivity index (χ3n) is 5.48. The van der Waals surface area contributed by atoms with Crippen LogP contribution in [0.2, 0.25) is 0 Å². The molecule has 2 aromatic rings. The molecule has 1 fully saturated rings. The third-order valence-corrected chi connectivity index (χ3v) is 5.48. The van der Waals surface area contributed by atoms with E-state index in [2.05, 4.69) is 10.2 Å². The van der Waals surface area contributed by atoms with Crippen molar-refractivity contribution >= 4 is 0 Å². The van der Waals surface area contributed by atoms with Crippen molar-refractivity contribution in [1.82, 2.24) is 10.2 Å². The van der Waals surface area contributed by atoms with Crippen LogP contribution >= 0.6 is 0 Å². The second-order valence-corrected chi connectivity index (χ2v) is 7.09. The Balaban J connectivity index is 1.71. The first kappa shape index (κ1) is 19.6. The van der Waals surface area contributed by atoms with E-state index in [9.17, 15) is 14.6 Å². The predicted octanol–water partition coefficient (Wildman–Crippen LogP) is 2.68. The number of aliphatic hydroxyl groups excluding tert-OH is 1. The first-order valence-electron chi connectivity index (χ1n) is 9.19. The van der Waals surface area contributed by atoms with Gasteiger partial charge in [0.25, 0.3) is 0 Å². The maximum Gasteiger partial charge on any atom is 0.127 e. The van der Waals surface area contributed by atoms with E-state index in [0.717, 1.165) is 12.0 Å². The molecule has 0 spiro atoms. The van der Waals surface area contributed by atoms with Gasteiger partial charge in [0.2, 0.25) is 0 Å². The van der Waals surface area contributed by atoms with Crippen LogP contribution in [0, 0.1) is 11.7 Å². The number of likely N-dealkylation sites (tertiary alicyclic amines) is 1. The Hall–Kier alpha value is -2.15. The standard InChI is InChI=1S/C21H27FN2O3/c1-24-16(13-25)9-15(21(24)18-5-3-4-6-19(18)22)12-23-11-14-10-17(27-2)7-8-20(14)26/h3-8,10,15-16,21,23,25-26H,9,11-13H2,1-2H3/t15-,16+,21-/m0/s1. The fourth-order valence-corrected chi connectivity index (χ4v) is 4.01. The molecule has 0 radical (unpaired) electrons. The summed E-state index contributed by atoms with van der Waals surface area (Å²) in [6.07, 6.45) is 0.781. The van der Waals surface area contributed by atoms with Crippen LogP contribution < -0.4 is 10.1 Å². The summed E-state index contributed by atoms with van der Waals surface area (Å²) in [6.45, 7) is 1.18.